The van der Waals surface area contributed by atoms with Gasteiger partial charge in [0.1, 0.15) is 0 Å². The number of H-pyrrole nitrogens is 1. The van der Waals surface area contributed by atoms with Crippen molar-refractivity contribution in [3.8, 4) is 0 Å². The van der Waals surface area contributed by atoms with Gasteiger partial charge in [-0.05, 0) is 13.0 Å². The monoisotopic (exact) mass is 297 g/mol. The first kappa shape index (κ1) is 14.0. The maximum absolute atomic E-state index is 12.6. The summed E-state index contributed by atoms with van der Waals surface area (Å²) in [5.41, 5.74) is 3.15. The molecule has 0 fully saturated rings. The summed E-state index contributed by atoms with van der Waals surface area (Å²) in [5, 5.41) is 7.04. The molecule has 3 heterocycles. The van der Waals surface area contributed by atoms with Gasteiger partial charge in [-0.15, -0.1) is 0 Å². The van der Waals surface area contributed by atoms with Crippen LogP contribution in [0.3, 0.4) is 0 Å². The van der Waals surface area contributed by atoms with Gasteiger partial charge in [0.05, 0.1) is 11.4 Å². The Morgan fingerprint density at radius 2 is 2.19 bits per heavy atom. The normalized spacial score (nSPS) is 16.0. The SMILES string of the molecule is Cc1cc(CN2CCc3nc(C(F)(F)F)ncc3C2)n[nH]1. The standard InChI is InChI=1S/C13H14F3N5/c1-8-4-10(20-19-8)7-21-3-2-11-9(6-21)5-17-12(18-11)13(14,15)16/h4-5H,2-3,6-7H2,1H3,(H,19,20). The Morgan fingerprint density at radius 1 is 1.38 bits per heavy atom. The minimum atomic E-state index is -4.49. The maximum atomic E-state index is 12.6. The van der Waals surface area contributed by atoms with Crippen molar-refractivity contribution in [1.29, 1.82) is 0 Å². The third-order valence-electron chi connectivity index (χ3n) is 3.41. The zero-order valence-corrected chi connectivity index (χ0v) is 11.4. The molecule has 1 N–H and O–H groups in total. The molecular weight excluding hydrogens is 283 g/mol. The highest BCUT2D eigenvalue weighted by molar-refractivity contribution is 5.21. The number of rotatable bonds is 2. The molecule has 0 unspecified atom stereocenters. The van der Waals surface area contributed by atoms with E-state index in [0.717, 1.165) is 17.0 Å². The van der Waals surface area contributed by atoms with Crippen molar-refractivity contribution >= 4 is 0 Å². The number of halogens is 3. The van der Waals surface area contributed by atoms with Crippen LogP contribution in [0.1, 0.15) is 28.5 Å². The van der Waals surface area contributed by atoms with Crippen LogP contribution in [0, 0.1) is 6.92 Å². The van der Waals surface area contributed by atoms with E-state index in [2.05, 4.69) is 25.1 Å². The smallest absolute Gasteiger partial charge is 0.293 e. The summed E-state index contributed by atoms with van der Waals surface area (Å²) < 4.78 is 37.7. The molecule has 3 rings (SSSR count). The molecule has 0 aliphatic carbocycles. The zero-order valence-electron chi connectivity index (χ0n) is 11.4. The van der Waals surface area contributed by atoms with Crippen molar-refractivity contribution in [2.75, 3.05) is 6.54 Å². The van der Waals surface area contributed by atoms with Crippen molar-refractivity contribution in [2.45, 2.75) is 32.6 Å². The van der Waals surface area contributed by atoms with Crippen LogP contribution in [0.2, 0.25) is 0 Å². The van der Waals surface area contributed by atoms with Crippen LogP contribution >= 0.6 is 0 Å². The first-order valence-corrected chi connectivity index (χ1v) is 6.57. The molecule has 0 spiro atoms. The molecule has 0 atom stereocenters. The highest BCUT2D eigenvalue weighted by Crippen LogP contribution is 2.27. The second-order valence-corrected chi connectivity index (χ2v) is 5.17. The molecule has 2 aromatic rings. The Bertz CT molecular complexity index is 649. The van der Waals surface area contributed by atoms with Gasteiger partial charge < -0.3 is 0 Å². The van der Waals surface area contributed by atoms with E-state index in [9.17, 15) is 13.2 Å². The van der Waals surface area contributed by atoms with Gasteiger partial charge in [-0.1, -0.05) is 0 Å². The molecule has 1 aliphatic rings. The molecule has 0 saturated heterocycles. The summed E-state index contributed by atoms with van der Waals surface area (Å²) in [6.07, 6.45) is -2.71. The van der Waals surface area contributed by atoms with E-state index in [-0.39, 0.29) is 0 Å². The molecule has 0 saturated carbocycles. The van der Waals surface area contributed by atoms with Crippen LogP contribution in [0.25, 0.3) is 0 Å². The van der Waals surface area contributed by atoms with Crippen LogP contribution < -0.4 is 0 Å². The maximum Gasteiger partial charge on any atom is 0.451 e. The lowest BCUT2D eigenvalue weighted by Crippen LogP contribution is -2.31. The second kappa shape index (κ2) is 5.10. The highest BCUT2D eigenvalue weighted by Gasteiger charge is 2.35. The van der Waals surface area contributed by atoms with Crippen molar-refractivity contribution in [1.82, 2.24) is 25.1 Å². The number of aromatic amines is 1. The topological polar surface area (TPSA) is 57.7 Å². The summed E-state index contributed by atoms with van der Waals surface area (Å²) in [6.45, 7) is 3.78. The van der Waals surface area contributed by atoms with Crippen LogP contribution in [0.15, 0.2) is 12.3 Å². The number of aromatic nitrogens is 4. The van der Waals surface area contributed by atoms with E-state index in [1.165, 1.54) is 6.20 Å². The molecule has 112 valence electrons. The minimum Gasteiger partial charge on any atom is -0.293 e. The lowest BCUT2D eigenvalue weighted by Gasteiger charge is -2.27. The van der Waals surface area contributed by atoms with Crippen LogP contribution in [-0.2, 0) is 25.7 Å². The fourth-order valence-electron chi connectivity index (χ4n) is 2.43. The number of aryl methyl sites for hydroxylation is 1. The molecule has 0 bridgehead atoms. The van der Waals surface area contributed by atoms with E-state index >= 15 is 0 Å². The quantitative estimate of drug-likeness (QED) is 0.922. The van der Waals surface area contributed by atoms with Crippen molar-refractivity contribution < 1.29 is 13.2 Å². The van der Waals surface area contributed by atoms with Gasteiger partial charge in [-0.25, -0.2) is 9.97 Å². The number of nitrogens with zero attached hydrogens (tertiary/aromatic N) is 4. The van der Waals surface area contributed by atoms with Gasteiger partial charge in [0.25, 0.3) is 0 Å². The average molecular weight is 297 g/mol. The molecule has 5 nitrogen and oxygen atoms in total. The number of fused-ring (bicyclic) bond motifs is 1. The Kier molecular flexibility index (Phi) is 3.40. The molecule has 8 heteroatoms. The lowest BCUT2D eigenvalue weighted by atomic mass is 10.1. The Morgan fingerprint density at radius 3 is 2.86 bits per heavy atom. The van der Waals surface area contributed by atoms with Gasteiger partial charge in [0.15, 0.2) is 0 Å². The largest absolute Gasteiger partial charge is 0.451 e. The third-order valence-corrected chi connectivity index (χ3v) is 3.41. The average Bonchev–Trinajstić information content (AvgIpc) is 2.82. The lowest BCUT2D eigenvalue weighted by molar-refractivity contribution is -0.145. The molecule has 2 aromatic heterocycles. The zero-order chi connectivity index (χ0) is 15.0. The first-order chi connectivity index (χ1) is 9.91. The van der Waals surface area contributed by atoms with Gasteiger partial charge >= 0.3 is 6.18 Å². The van der Waals surface area contributed by atoms with Gasteiger partial charge in [0, 0.05) is 43.5 Å². The summed E-state index contributed by atoms with van der Waals surface area (Å²) in [7, 11) is 0. The Balaban J connectivity index is 1.74. The number of alkyl halides is 3. The summed E-state index contributed by atoms with van der Waals surface area (Å²) in [4.78, 5) is 9.19. The second-order valence-electron chi connectivity index (χ2n) is 5.17. The van der Waals surface area contributed by atoms with Gasteiger partial charge in [-0.3, -0.25) is 10.00 Å². The molecule has 0 amide bonds. The summed E-state index contributed by atoms with van der Waals surface area (Å²) in [6, 6.07) is 1.96. The molecule has 1 aliphatic heterocycles. The number of hydrogen-bond donors (Lipinski definition) is 1. The van der Waals surface area contributed by atoms with E-state index in [4.69, 9.17) is 0 Å². The van der Waals surface area contributed by atoms with Gasteiger partial charge in [-0.2, -0.15) is 18.3 Å². The fourth-order valence-corrected chi connectivity index (χ4v) is 2.43. The minimum absolute atomic E-state index is 0.490. The Hall–Kier alpha value is -1.96. The third kappa shape index (κ3) is 3.05. The Labute approximate surface area is 119 Å². The van der Waals surface area contributed by atoms with Gasteiger partial charge in [0.2, 0.25) is 5.82 Å². The summed E-state index contributed by atoms with van der Waals surface area (Å²) >= 11 is 0. The van der Waals surface area contributed by atoms with Crippen LogP contribution in [-0.4, -0.2) is 31.6 Å². The van der Waals surface area contributed by atoms with E-state index in [1.54, 1.807) is 0 Å². The number of nitrogens with one attached hydrogen (secondary N) is 1. The highest BCUT2D eigenvalue weighted by atomic mass is 19.4. The molecule has 21 heavy (non-hydrogen) atoms. The first-order valence-electron chi connectivity index (χ1n) is 6.57. The van der Waals surface area contributed by atoms with Crippen molar-refractivity contribution in [3.05, 3.63) is 40.7 Å². The van der Waals surface area contributed by atoms with Crippen molar-refractivity contribution in [2.24, 2.45) is 0 Å². The molecular formula is C13H14F3N5. The van der Waals surface area contributed by atoms with Crippen LogP contribution in [0.4, 0.5) is 13.2 Å². The fraction of sp³-hybridized carbons (Fsp3) is 0.462. The van der Waals surface area contributed by atoms with E-state index in [0.29, 0.717) is 31.7 Å². The predicted molar refractivity (Wildman–Crippen MR) is 68.2 cm³/mol. The molecule has 0 aromatic carbocycles. The number of hydrogen-bond acceptors (Lipinski definition) is 4. The molecule has 0 radical (unpaired) electrons. The predicted octanol–water partition coefficient (Wildman–Crippen LogP) is 2.09. The van der Waals surface area contributed by atoms with Crippen LogP contribution in [0.5, 0.6) is 0 Å². The van der Waals surface area contributed by atoms with Crippen molar-refractivity contribution in [3.63, 3.8) is 0 Å². The van der Waals surface area contributed by atoms with E-state index < -0.39 is 12.0 Å². The summed E-state index contributed by atoms with van der Waals surface area (Å²) in [5.74, 6) is -1.06. The van der Waals surface area contributed by atoms with E-state index in [1.807, 2.05) is 13.0 Å².